The van der Waals surface area contributed by atoms with Gasteiger partial charge in [-0.15, -0.1) is 11.3 Å². The molecule has 0 amide bonds. The van der Waals surface area contributed by atoms with Gasteiger partial charge in [-0.05, 0) is 7.05 Å². The van der Waals surface area contributed by atoms with Crippen molar-refractivity contribution in [2.24, 2.45) is 0 Å². The van der Waals surface area contributed by atoms with Crippen molar-refractivity contribution in [2.45, 2.75) is 25.8 Å². The van der Waals surface area contributed by atoms with Crippen LogP contribution >= 0.6 is 11.3 Å². The molecule has 108 valence electrons. The van der Waals surface area contributed by atoms with Crippen LogP contribution in [0.5, 0.6) is 0 Å². The molecule has 1 aliphatic heterocycles. The summed E-state index contributed by atoms with van der Waals surface area (Å²) in [7, 11) is 2.08. The van der Waals surface area contributed by atoms with Gasteiger partial charge in [0.2, 0.25) is 0 Å². The van der Waals surface area contributed by atoms with Crippen LogP contribution in [0.15, 0.2) is 9.90 Å². The minimum absolute atomic E-state index is 0.171. The Kier molecular flexibility index (Phi) is 3.82. The van der Waals surface area contributed by atoms with Crippen molar-refractivity contribution in [3.8, 4) is 11.6 Å². The molecule has 0 aromatic carbocycles. The second-order valence-corrected chi connectivity index (χ2v) is 6.27. The van der Waals surface area contributed by atoms with E-state index in [1.165, 1.54) is 0 Å². The van der Waals surface area contributed by atoms with E-state index in [2.05, 4.69) is 46.2 Å². The fourth-order valence-corrected chi connectivity index (χ4v) is 3.03. The monoisotopic (exact) mass is 293 g/mol. The zero-order valence-corrected chi connectivity index (χ0v) is 12.8. The molecule has 0 aliphatic carbocycles. The molecule has 0 bridgehead atoms. The third kappa shape index (κ3) is 2.61. The number of aromatic nitrogens is 3. The van der Waals surface area contributed by atoms with Crippen LogP contribution in [0.25, 0.3) is 11.6 Å². The quantitative estimate of drug-likeness (QED) is 0.932. The maximum atomic E-state index is 5.37. The summed E-state index contributed by atoms with van der Waals surface area (Å²) in [5.74, 6) is 1.67. The van der Waals surface area contributed by atoms with Crippen LogP contribution < -0.4 is 5.32 Å². The fourth-order valence-electron chi connectivity index (χ4n) is 2.22. The molecule has 1 fully saturated rings. The van der Waals surface area contributed by atoms with Gasteiger partial charge in [0, 0.05) is 30.9 Å². The first kappa shape index (κ1) is 13.7. The van der Waals surface area contributed by atoms with Crippen molar-refractivity contribution in [2.75, 3.05) is 26.7 Å². The van der Waals surface area contributed by atoms with E-state index in [1.807, 2.05) is 5.38 Å². The lowest BCUT2D eigenvalue weighted by Crippen LogP contribution is -2.44. The zero-order chi connectivity index (χ0) is 14.1. The molecule has 7 heteroatoms. The lowest BCUT2D eigenvalue weighted by Gasteiger charge is -2.30. The Hall–Kier alpha value is -1.31. The summed E-state index contributed by atoms with van der Waals surface area (Å²) in [6.07, 6.45) is 0. The normalized spacial score (nSPS) is 20.7. The predicted molar refractivity (Wildman–Crippen MR) is 77.7 cm³/mol. The van der Waals surface area contributed by atoms with E-state index in [4.69, 9.17) is 4.52 Å². The lowest BCUT2D eigenvalue weighted by atomic mass is 10.2. The fraction of sp³-hybridized carbons (Fsp3) is 0.615. The van der Waals surface area contributed by atoms with Crippen LogP contribution in [-0.2, 0) is 0 Å². The maximum absolute atomic E-state index is 5.37. The van der Waals surface area contributed by atoms with E-state index in [-0.39, 0.29) is 6.04 Å². The second-order valence-electron chi connectivity index (χ2n) is 5.38. The Balaban J connectivity index is 1.82. The molecule has 1 saturated heterocycles. The molecule has 3 rings (SSSR count). The lowest BCUT2D eigenvalue weighted by molar-refractivity contribution is 0.190. The van der Waals surface area contributed by atoms with Gasteiger partial charge in [-0.1, -0.05) is 19.0 Å². The van der Waals surface area contributed by atoms with Gasteiger partial charge >= 0.3 is 0 Å². The first-order valence-electron chi connectivity index (χ1n) is 6.85. The van der Waals surface area contributed by atoms with Crippen LogP contribution in [0.1, 0.15) is 36.6 Å². The van der Waals surface area contributed by atoms with Crippen molar-refractivity contribution >= 4 is 11.3 Å². The summed E-state index contributed by atoms with van der Waals surface area (Å²) in [5, 5.41) is 10.5. The topological polar surface area (TPSA) is 67.1 Å². The zero-order valence-electron chi connectivity index (χ0n) is 12.0. The molecule has 3 heterocycles. The number of piperazine rings is 1. The summed E-state index contributed by atoms with van der Waals surface area (Å²) >= 11 is 1.64. The average molecular weight is 293 g/mol. The van der Waals surface area contributed by atoms with Crippen LogP contribution in [-0.4, -0.2) is 46.7 Å². The molecule has 20 heavy (non-hydrogen) atoms. The van der Waals surface area contributed by atoms with Crippen molar-refractivity contribution in [3.63, 3.8) is 0 Å². The van der Waals surface area contributed by atoms with Gasteiger partial charge in [-0.3, -0.25) is 4.90 Å². The Bertz CT molecular complexity index is 579. The van der Waals surface area contributed by atoms with E-state index in [0.717, 1.165) is 36.2 Å². The van der Waals surface area contributed by atoms with E-state index >= 15 is 0 Å². The first-order chi connectivity index (χ1) is 9.65. The van der Waals surface area contributed by atoms with Gasteiger partial charge in [0.1, 0.15) is 5.69 Å². The molecule has 1 aliphatic rings. The summed E-state index contributed by atoms with van der Waals surface area (Å²) < 4.78 is 5.37. The standard InChI is InChI=1S/C13H19N5OS/c1-8(2)13-15-9(7-20-13)12-16-11(17-19-12)10-6-14-4-5-18(10)3/h7-8,10,14H,4-6H2,1-3H3. The van der Waals surface area contributed by atoms with Gasteiger partial charge in [0.25, 0.3) is 5.89 Å². The molecule has 1 unspecified atom stereocenters. The highest BCUT2D eigenvalue weighted by atomic mass is 32.1. The number of nitrogens with one attached hydrogen (secondary N) is 1. The van der Waals surface area contributed by atoms with Crippen LogP contribution in [0.2, 0.25) is 0 Å². The van der Waals surface area contributed by atoms with Crippen molar-refractivity contribution < 1.29 is 4.52 Å². The van der Waals surface area contributed by atoms with Crippen molar-refractivity contribution in [3.05, 3.63) is 16.2 Å². The number of likely N-dealkylation sites (N-methyl/N-ethyl adjacent to an activating group) is 1. The van der Waals surface area contributed by atoms with Crippen LogP contribution in [0.3, 0.4) is 0 Å². The third-order valence-corrected chi connectivity index (χ3v) is 4.63. The first-order valence-corrected chi connectivity index (χ1v) is 7.73. The van der Waals surface area contributed by atoms with Crippen molar-refractivity contribution in [1.29, 1.82) is 0 Å². The average Bonchev–Trinajstić information content (AvgIpc) is 3.08. The van der Waals surface area contributed by atoms with E-state index in [0.29, 0.717) is 11.8 Å². The summed E-state index contributed by atoms with van der Waals surface area (Å²) in [6, 6.07) is 0.171. The third-order valence-electron chi connectivity index (χ3n) is 3.49. The minimum atomic E-state index is 0.171. The van der Waals surface area contributed by atoms with Gasteiger partial charge in [0.05, 0.1) is 11.0 Å². The molecular formula is C13H19N5OS. The van der Waals surface area contributed by atoms with Gasteiger partial charge in [-0.2, -0.15) is 4.98 Å². The SMILES string of the molecule is CC(C)c1nc(-c2nc(C3CNCCN3C)no2)cs1. The number of nitrogens with zero attached hydrogens (tertiary/aromatic N) is 4. The van der Waals surface area contributed by atoms with Gasteiger partial charge < -0.3 is 9.84 Å². The summed E-state index contributed by atoms with van der Waals surface area (Å²) in [5.41, 5.74) is 0.781. The summed E-state index contributed by atoms with van der Waals surface area (Å²) in [6.45, 7) is 7.10. The van der Waals surface area contributed by atoms with Gasteiger partial charge in [0.15, 0.2) is 5.82 Å². The van der Waals surface area contributed by atoms with Crippen LogP contribution in [0, 0.1) is 0 Å². The van der Waals surface area contributed by atoms with E-state index in [1.54, 1.807) is 11.3 Å². The van der Waals surface area contributed by atoms with Crippen molar-refractivity contribution in [1.82, 2.24) is 25.3 Å². The molecular weight excluding hydrogens is 274 g/mol. The highest BCUT2D eigenvalue weighted by molar-refractivity contribution is 7.10. The Morgan fingerprint density at radius 2 is 2.30 bits per heavy atom. The van der Waals surface area contributed by atoms with E-state index in [9.17, 15) is 0 Å². The van der Waals surface area contributed by atoms with E-state index < -0.39 is 0 Å². The summed E-state index contributed by atoms with van der Waals surface area (Å²) in [4.78, 5) is 11.3. The number of rotatable bonds is 3. The number of hydrogen-bond acceptors (Lipinski definition) is 7. The van der Waals surface area contributed by atoms with Gasteiger partial charge in [-0.25, -0.2) is 4.98 Å². The highest BCUT2D eigenvalue weighted by Crippen LogP contribution is 2.26. The number of thiazole rings is 1. The Morgan fingerprint density at radius 3 is 3.00 bits per heavy atom. The predicted octanol–water partition coefficient (Wildman–Crippen LogP) is 1.89. The molecule has 0 saturated carbocycles. The molecule has 0 spiro atoms. The molecule has 1 atom stereocenters. The highest BCUT2D eigenvalue weighted by Gasteiger charge is 2.26. The number of hydrogen-bond donors (Lipinski definition) is 1. The molecule has 6 nitrogen and oxygen atoms in total. The Labute approximate surface area is 122 Å². The molecule has 2 aromatic heterocycles. The molecule has 2 aromatic rings. The minimum Gasteiger partial charge on any atom is -0.332 e. The molecule has 1 N–H and O–H groups in total. The smallest absolute Gasteiger partial charge is 0.277 e. The maximum Gasteiger partial charge on any atom is 0.277 e. The largest absolute Gasteiger partial charge is 0.332 e. The Morgan fingerprint density at radius 1 is 1.45 bits per heavy atom. The second kappa shape index (κ2) is 5.59. The van der Waals surface area contributed by atoms with Crippen LogP contribution in [0.4, 0.5) is 0 Å². The molecule has 0 radical (unpaired) electrons.